The highest BCUT2D eigenvalue weighted by molar-refractivity contribution is 5.87. The molecule has 0 aliphatic carbocycles. The number of hydrogen-bond donors (Lipinski definition) is 1. The standard InChI is InChI=1S/C30H29NO2/c1-21-18-23(29(32)27(19-21)30(2,3)24-10-6-5-7-11-24)20-31-25-16-14-22(15-17-25)26-12-8-9-13-28(26)33-4/h5-20,32H,1-4H3. The van der Waals surface area contributed by atoms with Crippen molar-refractivity contribution in [3.63, 3.8) is 0 Å². The zero-order valence-corrected chi connectivity index (χ0v) is 19.5. The molecule has 0 bridgehead atoms. The third-order valence-corrected chi connectivity index (χ3v) is 6.09. The van der Waals surface area contributed by atoms with E-state index in [4.69, 9.17) is 4.74 Å². The molecule has 0 saturated carbocycles. The highest BCUT2D eigenvalue weighted by Gasteiger charge is 2.27. The monoisotopic (exact) mass is 435 g/mol. The number of phenols is 1. The van der Waals surface area contributed by atoms with E-state index in [2.05, 4.69) is 37.0 Å². The van der Waals surface area contributed by atoms with Crippen molar-refractivity contribution in [2.24, 2.45) is 4.99 Å². The topological polar surface area (TPSA) is 41.8 Å². The SMILES string of the molecule is COc1ccccc1-c1ccc(N=Cc2cc(C)cc(C(C)(C)c3ccccc3)c2O)cc1. The number of benzene rings is 4. The lowest BCUT2D eigenvalue weighted by Crippen LogP contribution is -2.19. The van der Waals surface area contributed by atoms with Gasteiger partial charge in [-0.15, -0.1) is 0 Å². The van der Waals surface area contributed by atoms with Crippen molar-refractivity contribution in [2.75, 3.05) is 7.11 Å². The van der Waals surface area contributed by atoms with Crippen LogP contribution in [0.5, 0.6) is 11.5 Å². The number of para-hydroxylation sites is 1. The summed E-state index contributed by atoms with van der Waals surface area (Å²) in [5.74, 6) is 1.11. The predicted octanol–water partition coefficient (Wildman–Crippen LogP) is 7.45. The van der Waals surface area contributed by atoms with Crippen LogP contribution in [0.1, 0.15) is 36.1 Å². The van der Waals surface area contributed by atoms with Crippen molar-refractivity contribution < 1.29 is 9.84 Å². The first-order valence-corrected chi connectivity index (χ1v) is 11.1. The van der Waals surface area contributed by atoms with Gasteiger partial charge in [-0.1, -0.05) is 80.6 Å². The number of aromatic hydroxyl groups is 1. The second-order valence-corrected chi connectivity index (χ2v) is 8.75. The Morgan fingerprint density at radius 3 is 2.21 bits per heavy atom. The van der Waals surface area contributed by atoms with E-state index < -0.39 is 0 Å². The molecule has 0 radical (unpaired) electrons. The molecule has 0 amide bonds. The Labute approximate surface area is 196 Å². The second-order valence-electron chi connectivity index (χ2n) is 8.75. The average molecular weight is 436 g/mol. The van der Waals surface area contributed by atoms with Crippen LogP contribution in [0.2, 0.25) is 0 Å². The summed E-state index contributed by atoms with van der Waals surface area (Å²) in [4.78, 5) is 4.64. The quantitative estimate of drug-likeness (QED) is 0.320. The molecule has 0 unspecified atom stereocenters. The lowest BCUT2D eigenvalue weighted by Gasteiger charge is -2.28. The molecule has 166 valence electrons. The largest absolute Gasteiger partial charge is 0.507 e. The summed E-state index contributed by atoms with van der Waals surface area (Å²) >= 11 is 0. The van der Waals surface area contributed by atoms with Gasteiger partial charge in [0, 0.05) is 28.3 Å². The van der Waals surface area contributed by atoms with Gasteiger partial charge in [0.2, 0.25) is 0 Å². The average Bonchev–Trinajstić information content (AvgIpc) is 2.85. The van der Waals surface area contributed by atoms with Crippen LogP contribution in [0.4, 0.5) is 5.69 Å². The molecular formula is C30H29NO2. The van der Waals surface area contributed by atoms with Gasteiger partial charge in [-0.25, -0.2) is 0 Å². The molecule has 4 rings (SSSR count). The van der Waals surface area contributed by atoms with Crippen molar-refractivity contribution in [1.29, 1.82) is 0 Å². The number of aliphatic imine (C=N–C) groups is 1. The third kappa shape index (κ3) is 4.68. The summed E-state index contributed by atoms with van der Waals surface area (Å²) in [5, 5.41) is 11.1. The highest BCUT2D eigenvalue weighted by Crippen LogP contribution is 2.39. The van der Waals surface area contributed by atoms with Crippen LogP contribution in [0, 0.1) is 6.92 Å². The summed E-state index contributed by atoms with van der Waals surface area (Å²) in [6, 6.07) is 30.2. The summed E-state index contributed by atoms with van der Waals surface area (Å²) in [5.41, 5.74) is 6.43. The molecule has 4 aromatic rings. The number of methoxy groups -OCH3 is 1. The van der Waals surface area contributed by atoms with E-state index in [1.807, 2.05) is 79.7 Å². The van der Waals surface area contributed by atoms with E-state index in [0.717, 1.165) is 39.3 Å². The maximum absolute atomic E-state index is 11.1. The molecule has 0 aliphatic rings. The molecule has 4 aromatic carbocycles. The Bertz CT molecular complexity index is 1270. The van der Waals surface area contributed by atoms with Gasteiger partial charge in [0.05, 0.1) is 12.8 Å². The fourth-order valence-corrected chi connectivity index (χ4v) is 4.15. The minimum atomic E-state index is -0.337. The summed E-state index contributed by atoms with van der Waals surface area (Å²) in [6.07, 6.45) is 1.74. The predicted molar refractivity (Wildman–Crippen MR) is 137 cm³/mol. The van der Waals surface area contributed by atoms with Crippen LogP contribution in [-0.4, -0.2) is 18.4 Å². The van der Waals surface area contributed by atoms with Gasteiger partial charge >= 0.3 is 0 Å². The Morgan fingerprint density at radius 1 is 0.848 bits per heavy atom. The fraction of sp³-hybridized carbons (Fsp3) is 0.167. The Balaban J connectivity index is 1.64. The number of nitrogens with zero attached hydrogens (tertiary/aromatic N) is 1. The molecule has 0 fully saturated rings. The Morgan fingerprint density at radius 2 is 1.52 bits per heavy atom. The molecule has 0 aromatic heterocycles. The van der Waals surface area contributed by atoms with Crippen molar-refractivity contribution in [3.8, 4) is 22.6 Å². The smallest absolute Gasteiger partial charge is 0.128 e. The molecule has 0 atom stereocenters. The molecule has 33 heavy (non-hydrogen) atoms. The van der Waals surface area contributed by atoms with E-state index >= 15 is 0 Å². The van der Waals surface area contributed by atoms with Crippen LogP contribution in [0.15, 0.2) is 96.0 Å². The number of ether oxygens (including phenoxy) is 1. The van der Waals surface area contributed by atoms with Crippen LogP contribution in [-0.2, 0) is 5.41 Å². The zero-order chi connectivity index (χ0) is 23.4. The fourth-order valence-electron chi connectivity index (χ4n) is 4.15. The minimum Gasteiger partial charge on any atom is -0.507 e. The van der Waals surface area contributed by atoms with Crippen LogP contribution in [0.3, 0.4) is 0 Å². The van der Waals surface area contributed by atoms with Crippen molar-refractivity contribution >= 4 is 11.9 Å². The first-order chi connectivity index (χ1) is 15.9. The second kappa shape index (κ2) is 9.33. The van der Waals surface area contributed by atoms with E-state index in [0.29, 0.717) is 5.56 Å². The molecular weight excluding hydrogens is 406 g/mol. The minimum absolute atomic E-state index is 0.267. The molecule has 0 heterocycles. The number of phenolic OH excluding ortho intramolecular Hbond substituents is 1. The van der Waals surface area contributed by atoms with Gasteiger partial charge in [-0.05, 0) is 47.9 Å². The maximum atomic E-state index is 11.1. The van der Waals surface area contributed by atoms with Crippen molar-refractivity contribution in [1.82, 2.24) is 0 Å². The van der Waals surface area contributed by atoms with Gasteiger partial charge in [-0.2, -0.15) is 0 Å². The van der Waals surface area contributed by atoms with Gasteiger partial charge in [0.1, 0.15) is 11.5 Å². The normalized spacial score (nSPS) is 11.6. The third-order valence-electron chi connectivity index (χ3n) is 6.09. The van der Waals surface area contributed by atoms with Crippen LogP contribution >= 0.6 is 0 Å². The molecule has 0 saturated heterocycles. The lowest BCUT2D eigenvalue weighted by molar-refractivity contribution is 0.416. The van der Waals surface area contributed by atoms with Gasteiger partial charge < -0.3 is 9.84 Å². The molecule has 3 heteroatoms. The van der Waals surface area contributed by atoms with Crippen molar-refractivity contribution in [2.45, 2.75) is 26.2 Å². The Hall–Kier alpha value is -3.85. The Kier molecular flexibility index (Phi) is 6.32. The first-order valence-electron chi connectivity index (χ1n) is 11.1. The summed E-state index contributed by atoms with van der Waals surface area (Å²) < 4.78 is 5.47. The summed E-state index contributed by atoms with van der Waals surface area (Å²) in [6.45, 7) is 6.31. The zero-order valence-electron chi connectivity index (χ0n) is 19.5. The van der Waals surface area contributed by atoms with Gasteiger partial charge in [0.25, 0.3) is 0 Å². The van der Waals surface area contributed by atoms with Gasteiger partial charge in [0.15, 0.2) is 0 Å². The first kappa shape index (κ1) is 22.3. The molecule has 1 N–H and O–H groups in total. The van der Waals surface area contributed by atoms with Gasteiger partial charge in [-0.3, -0.25) is 4.99 Å². The highest BCUT2D eigenvalue weighted by atomic mass is 16.5. The molecule has 3 nitrogen and oxygen atoms in total. The molecule has 0 aliphatic heterocycles. The van der Waals surface area contributed by atoms with E-state index in [-0.39, 0.29) is 11.2 Å². The number of aryl methyl sites for hydroxylation is 1. The van der Waals surface area contributed by atoms with Crippen LogP contribution in [0.25, 0.3) is 11.1 Å². The van der Waals surface area contributed by atoms with E-state index in [1.54, 1.807) is 13.3 Å². The molecule has 0 spiro atoms. The number of hydrogen-bond acceptors (Lipinski definition) is 3. The maximum Gasteiger partial charge on any atom is 0.128 e. The summed E-state index contributed by atoms with van der Waals surface area (Å²) in [7, 11) is 1.68. The van der Waals surface area contributed by atoms with Crippen molar-refractivity contribution in [3.05, 3.63) is 113 Å². The van der Waals surface area contributed by atoms with Crippen LogP contribution < -0.4 is 4.74 Å². The van der Waals surface area contributed by atoms with E-state index in [1.165, 1.54) is 0 Å². The van der Waals surface area contributed by atoms with E-state index in [9.17, 15) is 5.11 Å². The number of rotatable bonds is 6. The lowest BCUT2D eigenvalue weighted by atomic mass is 9.76.